The van der Waals surface area contributed by atoms with Gasteiger partial charge in [-0.05, 0) is 35.7 Å². The molecule has 0 fully saturated rings. The highest BCUT2D eigenvalue weighted by molar-refractivity contribution is 5.99. The SMILES string of the molecule is NC(N)=[NH+]CCC[C@H](NC(=O)C[NH3+])C(=O)Nc1ccc2ccccc2c1. The zero-order valence-corrected chi connectivity index (χ0v) is 14.6. The number of amides is 2. The van der Waals surface area contributed by atoms with Gasteiger partial charge in [-0.15, -0.1) is 0 Å². The summed E-state index contributed by atoms with van der Waals surface area (Å²) in [6, 6.07) is 12.9. The highest BCUT2D eigenvalue weighted by Gasteiger charge is 2.20. The van der Waals surface area contributed by atoms with Crippen molar-refractivity contribution >= 4 is 34.2 Å². The van der Waals surface area contributed by atoms with Crippen LogP contribution in [0.4, 0.5) is 5.69 Å². The summed E-state index contributed by atoms with van der Waals surface area (Å²) in [5.41, 5.74) is 14.9. The lowest BCUT2D eigenvalue weighted by Gasteiger charge is -2.17. The Morgan fingerprint density at radius 3 is 2.54 bits per heavy atom. The molecule has 0 unspecified atom stereocenters. The Kier molecular flexibility index (Phi) is 6.92. The molecule has 26 heavy (non-hydrogen) atoms. The molecule has 0 saturated carbocycles. The molecule has 2 aromatic carbocycles. The van der Waals surface area contributed by atoms with E-state index >= 15 is 0 Å². The Labute approximate surface area is 151 Å². The maximum absolute atomic E-state index is 12.6. The Balaban J connectivity index is 2.05. The van der Waals surface area contributed by atoms with Crippen molar-refractivity contribution in [2.75, 3.05) is 18.4 Å². The number of quaternary nitrogens is 1. The molecular formula is C18H26N6O2+2. The fraction of sp³-hybridized carbons (Fsp3) is 0.278. The number of hydrogen-bond donors (Lipinski definition) is 6. The molecule has 2 rings (SSSR count). The van der Waals surface area contributed by atoms with Crippen LogP contribution in [-0.2, 0) is 9.59 Å². The fourth-order valence-corrected chi connectivity index (χ4v) is 2.57. The molecule has 138 valence electrons. The molecule has 10 N–H and O–H groups in total. The van der Waals surface area contributed by atoms with Crippen molar-refractivity contribution in [1.82, 2.24) is 5.32 Å². The van der Waals surface area contributed by atoms with Gasteiger partial charge in [0.25, 0.3) is 5.91 Å². The van der Waals surface area contributed by atoms with Crippen LogP contribution < -0.4 is 32.8 Å². The molecule has 2 aromatic rings. The molecule has 0 aliphatic heterocycles. The molecule has 0 heterocycles. The normalized spacial score (nSPS) is 11.6. The van der Waals surface area contributed by atoms with Crippen molar-refractivity contribution in [2.24, 2.45) is 11.5 Å². The summed E-state index contributed by atoms with van der Waals surface area (Å²) in [7, 11) is 0. The molecule has 0 aromatic heterocycles. The second-order valence-electron chi connectivity index (χ2n) is 5.95. The van der Waals surface area contributed by atoms with E-state index in [4.69, 9.17) is 11.5 Å². The van der Waals surface area contributed by atoms with Crippen molar-refractivity contribution in [3.8, 4) is 0 Å². The van der Waals surface area contributed by atoms with Gasteiger partial charge in [-0.2, -0.15) is 0 Å². The van der Waals surface area contributed by atoms with Crippen molar-refractivity contribution in [3.63, 3.8) is 0 Å². The maximum Gasteiger partial charge on any atom is 0.338 e. The second kappa shape index (κ2) is 9.38. The van der Waals surface area contributed by atoms with Crippen LogP contribution in [0.2, 0.25) is 0 Å². The molecule has 8 heteroatoms. The lowest BCUT2D eigenvalue weighted by Crippen LogP contribution is -2.78. The summed E-state index contributed by atoms with van der Waals surface area (Å²) < 4.78 is 0. The largest absolute Gasteiger partial charge is 0.350 e. The molecular weight excluding hydrogens is 332 g/mol. The smallest absolute Gasteiger partial charge is 0.338 e. The number of benzene rings is 2. The second-order valence-corrected chi connectivity index (χ2v) is 5.95. The van der Waals surface area contributed by atoms with Gasteiger partial charge in [0.1, 0.15) is 6.04 Å². The van der Waals surface area contributed by atoms with Crippen molar-refractivity contribution < 1.29 is 20.3 Å². The van der Waals surface area contributed by atoms with Gasteiger partial charge < -0.3 is 16.4 Å². The first-order valence-electron chi connectivity index (χ1n) is 8.49. The third kappa shape index (κ3) is 5.75. The van der Waals surface area contributed by atoms with E-state index in [9.17, 15) is 9.59 Å². The maximum atomic E-state index is 12.6. The molecule has 0 radical (unpaired) electrons. The minimum atomic E-state index is -0.656. The lowest BCUT2D eigenvalue weighted by molar-refractivity contribution is -0.459. The highest BCUT2D eigenvalue weighted by Crippen LogP contribution is 2.19. The summed E-state index contributed by atoms with van der Waals surface area (Å²) in [6.45, 7) is 0.587. The van der Waals surface area contributed by atoms with Gasteiger partial charge in [0.05, 0.1) is 6.54 Å². The van der Waals surface area contributed by atoms with E-state index in [-0.39, 0.29) is 24.3 Å². The van der Waals surface area contributed by atoms with Gasteiger partial charge in [0.15, 0.2) is 6.54 Å². The average Bonchev–Trinajstić information content (AvgIpc) is 2.63. The average molecular weight is 358 g/mol. The Morgan fingerprint density at radius 1 is 1.12 bits per heavy atom. The summed E-state index contributed by atoms with van der Waals surface area (Å²) in [5.74, 6) is -0.419. The molecule has 0 bridgehead atoms. The minimum absolute atomic E-state index is 0.0710. The lowest BCUT2D eigenvalue weighted by atomic mass is 10.1. The Bertz CT molecular complexity index is 801. The number of carbonyl (C=O) groups excluding carboxylic acids is 2. The minimum Gasteiger partial charge on any atom is -0.350 e. The molecule has 1 atom stereocenters. The van der Waals surface area contributed by atoms with Crippen LogP contribution in [0.25, 0.3) is 10.8 Å². The van der Waals surface area contributed by atoms with Gasteiger partial charge in [0.2, 0.25) is 5.91 Å². The standard InChI is InChI=1S/C18H24N6O2/c19-11-16(25)24-15(6-3-9-22-18(20)21)17(26)23-14-8-7-12-4-1-2-5-13(12)10-14/h1-2,4-5,7-8,10,15H,3,6,9,11,19H2,(H,23,26)(H,24,25)(H4,20,21,22)/p+2/t15-/m0/s1. The Hall–Kier alpha value is -3.13. The van der Waals surface area contributed by atoms with Crippen LogP contribution >= 0.6 is 0 Å². The first-order valence-corrected chi connectivity index (χ1v) is 8.49. The zero-order chi connectivity index (χ0) is 18.9. The number of nitrogens with one attached hydrogen (secondary N) is 3. The van der Waals surface area contributed by atoms with Crippen LogP contribution in [0.5, 0.6) is 0 Å². The Morgan fingerprint density at radius 2 is 1.85 bits per heavy atom. The summed E-state index contributed by atoms with van der Waals surface area (Å²) >= 11 is 0. The van der Waals surface area contributed by atoms with Crippen LogP contribution in [-0.4, -0.2) is 36.9 Å². The van der Waals surface area contributed by atoms with Gasteiger partial charge >= 0.3 is 5.96 Å². The third-order valence-corrected chi connectivity index (χ3v) is 3.89. The highest BCUT2D eigenvalue weighted by atomic mass is 16.2. The number of fused-ring (bicyclic) bond motifs is 1. The van der Waals surface area contributed by atoms with Gasteiger partial charge in [-0.1, -0.05) is 30.3 Å². The molecule has 8 nitrogen and oxygen atoms in total. The predicted octanol–water partition coefficient (Wildman–Crippen LogP) is -2.36. The van der Waals surface area contributed by atoms with Crippen molar-refractivity contribution in [1.29, 1.82) is 0 Å². The fourth-order valence-electron chi connectivity index (χ4n) is 2.57. The number of anilines is 1. The summed E-state index contributed by atoms with van der Waals surface area (Å²) in [4.78, 5) is 27.1. The monoisotopic (exact) mass is 358 g/mol. The van der Waals surface area contributed by atoms with Crippen LogP contribution in [0, 0.1) is 0 Å². The summed E-state index contributed by atoms with van der Waals surface area (Å²) in [6.07, 6.45) is 1.07. The van der Waals surface area contributed by atoms with E-state index in [2.05, 4.69) is 21.4 Å². The number of guanidine groups is 1. The van der Waals surface area contributed by atoms with Gasteiger partial charge in [0, 0.05) is 5.69 Å². The summed E-state index contributed by atoms with van der Waals surface area (Å²) in [5, 5.41) is 7.69. The quantitative estimate of drug-likeness (QED) is 0.178. The van der Waals surface area contributed by atoms with Crippen molar-refractivity contribution in [2.45, 2.75) is 18.9 Å². The topological polar surface area (TPSA) is 152 Å². The van der Waals surface area contributed by atoms with E-state index in [1.807, 2.05) is 42.5 Å². The zero-order valence-electron chi connectivity index (χ0n) is 14.6. The van der Waals surface area contributed by atoms with Crippen LogP contribution in [0.3, 0.4) is 0 Å². The third-order valence-electron chi connectivity index (χ3n) is 3.89. The molecule has 0 aliphatic carbocycles. The molecule has 0 aliphatic rings. The van der Waals surface area contributed by atoms with Crippen molar-refractivity contribution in [3.05, 3.63) is 42.5 Å². The number of nitrogens with two attached hydrogens (primary N) is 2. The molecule has 0 spiro atoms. The van der Waals surface area contributed by atoms with Crippen LogP contribution in [0.15, 0.2) is 42.5 Å². The predicted molar refractivity (Wildman–Crippen MR) is 101 cm³/mol. The van der Waals surface area contributed by atoms with E-state index in [0.29, 0.717) is 25.1 Å². The van der Waals surface area contributed by atoms with Gasteiger partial charge in [-0.3, -0.25) is 26.0 Å². The van der Waals surface area contributed by atoms with Crippen LogP contribution in [0.1, 0.15) is 12.8 Å². The molecule has 2 amide bonds. The van der Waals surface area contributed by atoms with E-state index in [0.717, 1.165) is 10.8 Å². The first-order chi connectivity index (χ1) is 12.5. The number of carbonyl (C=O) groups is 2. The first kappa shape index (κ1) is 19.2. The van der Waals surface area contributed by atoms with Gasteiger partial charge in [-0.25, -0.2) is 0 Å². The van der Waals surface area contributed by atoms with E-state index < -0.39 is 6.04 Å². The van der Waals surface area contributed by atoms with E-state index in [1.165, 1.54) is 0 Å². The van der Waals surface area contributed by atoms with E-state index in [1.54, 1.807) is 0 Å². The number of hydrogen-bond acceptors (Lipinski definition) is 2. The number of rotatable bonds is 8. The molecule has 0 saturated heterocycles.